The first kappa shape index (κ1) is 14.6. The fourth-order valence-corrected chi connectivity index (χ4v) is 2.61. The summed E-state index contributed by atoms with van der Waals surface area (Å²) < 4.78 is 2.03. The molecule has 0 heterocycles. The molecule has 2 aromatic rings. The molecule has 2 aromatic carbocycles. The van der Waals surface area contributed by atoms with Gasteiger partial charge in [0.05, 0.1) is 6.61 Å². The third-order valence-corrected chi connectivity index (χ3v) is 4.25. The van der Waals surface area contributed by atoms with Gasteiger partial charge < -0.3 is 10.0 Å². The summed E-state index contributed by atoms with van der Waals surface area (Å²) in [7, 11) is 2.06. The zero-order valence-corrected chi connectivity index (χ0v) is 13.8. The Labute approximate surface area is 130 Å². The smallest absolute Gasteiger partial charge is 0.0692 e. The van der Waals surface area contributed by atoms with E-state index >= 15 is 0 Å². The van der Waals surface area contributed by atoms with Crippen molar-refractivity contribution in [3.8, 4) is 0 Å². The molecule has 0 aliphatic rings. The number of halogens is 2. The van der Waals surface area contributed by atoms with Crippen LogP contribution in [0.4, 0.5) is 5.69 Å². The van der Waals surface area contributed by atoms with Gasteiger partial charge in [-0.25, -0.2) is 0 Å². The van der Waals surface area contributed by atoms with E-state index in [-0.39, 0.29) is 6.61 Å². The predicted molar refractivity (Wildman–Crippen MR) is 86.3 cm³/mol. The average Bonchev–Trinajstić information content (AvgIpc) is 2.41. The van der Waals surface area contributed by atoms with Crippen LogP contribution in [0.3, 0.4) is 0 Å². The van der Waals surface area contributed by atoms with E-state index in [0.717, 1.165) is 26.7 Å². The van der Waals surface area contributed by atoms with Crippen molar-refractivity contribution in [1.29, 1.82) is 0 Å². The van der Waals surface area contributed by atoms with Crippen LogP contribution in [0.2, 0.25) is 0 Å². The minimum atomic E-state index is 0.0529. The van der Waals surface area contributed by atoms with E-state index in [1.807, 2.05) is 30.3 Å². The maximum Gasteiger partial charge on any atom is 0.0692 e. The Morgan fingerprint density at radius 2 is 1.74 bits per heavy atom. The van der Waals surface area contributed by atoms with Gasteiger partial charge in [0.15, 0.2) is 0 Å². The molecule has 2 nitrogen and oxygen atoms in total. The van der Waals surface area contributed by atoms with Gasteiger partial charge in [0, 0.05) is 28.2 Å². The monoisotopic (exact) mass is 383 g/mol. The first-order valence-electron chi connectivity index (χ1n) is 5.95. The molecule has 4 heteroatoms. The molecule has 0 radical (unpaired) electrons. The summed E-state index contributed by atoms with van der Waals surface area (Å²) >= 11 is 6.92. The maximum absolute atomic E-state index is 9.16. The molecule has 0 saturated heterocycles. The highest BCUT2D eigenvalue weighted by atomic mass is 79.9. The van der Waals surface area contributed by atoms with Crippen molar-refractivity contribution in [1.82, 2.24) is 0 Å². The number of aliphatic hydroxyl groups is 1. The van der Waals surface area contributed by atoms with Crippen molar-refractivity contribution in [3.63, 3.8) is 0 Å². The van der Waals surface area contributed by atoms with E-state index < -0.39 is 0 Å². The number of nitrogens with zero attached hydrogens (tertiary/aromatic N) is 1. The van der Waals surface area contributed by atoms with Gasteiger partial charge in [0.2, 0.25) is 0 Å². The first-order valence-corrected chi connectivity index (χ1v) is 7.53. The lowest BCUT2D eigenvalue weighted by atomic mass is 10.2. The average molecular weight is 385 g/mol. The number of benzene rings is 2. The Kier molecular flexibility index (Phi) is 5.02. The summed E-state index contributed by atoms with van der Waals surface area (Å²) in [5.41, 5.74) is 3.28. The number of anilines is 1. The molecule has 0 amide bonds. The normalized spacial score (nSPS) is 10.5. The van der Waals surface area contributed by atoms with Crippen molar-refractivity contribution in [3.05, 3.63) is 62.5 Å². The van der Waals surface area contributed by atoms with Crippen LogP contribution in [-0.4, -0.2) is 12.2 Å². The van der Waals surface area contributed by atoms with Gasteiger partial charge in [-0.3, -0.25) is 0 Å². The molecule has 100 valence electrons. The lowest BCUT2D eigenvalue weighted by Gasteiger charge is -2.20. The Bertz CT molecular complexity index is 555. The highest BCUT2D eigenvalue weighted by Gasteiger charge is 2.05. The molecule has 0 unspecified atom stereocenters. The molecular formula is C15H15Br2NO. The van der Waals surface area contributed by atoms with Gasteiger partial charge in [-0.1, -0.05) is 50.1 Å². The molecule has 0 spiro atoms. The summed E-state index contributed by atoms with van der Waals surface area (Å²) in [6.45, 7) is 0.898. The molecule has 1 N–H and O–H groups in total. The van der Waals surface area contributed by atoms with Crippen molar-refractivity contribution >= 4 is 37.5 Å². The van der Waals surface area contributed by atoms with Crippen LogP contribution in [0.1, 0.15) is 11.1 Å². The quantitative estimate of drug-likeness (QED) is 0.847. The molecule has 19 heavy (non-hydrogen) atoms. The van der Waals surface area contributed by atoms with Crippen LogP contribution < -0.4 is 4.90 Å². The minimum Gasteiger partial charge on any atom is -0.392 e. The van der Waals surface area contributed by atoms with Gasteiger partial charge in [-0.15, -0.1) is 0 Å². The largest absolute Gasteiger partial charge is 0.392 e. The molecular weight excluding hydrogens is 370 g/mol. The first-order chi connectivity index (χ1) is 9.10. The predicted octanol–water partition coefficient (Wildman–Crippen LogP) is 4.34. The summed E-state index contributed by atoms with van der Waals surface area (Å²) in [5.74, 6) is 0. The molecule has 0 bridgehead atoms. The van der Waals surface area contributed by atoms with Gasteiger partial charge in [-0.05, 0) is 35.4 Å². The Hall–Kier alpha value is -0.840. The second-order valence-electron chi connectivity index (χ2n) is 4.42. The zero-order chi connectivity index (χ0) is 13.8. The van der Waals surface area contributed by atoms with E-state index in [4.69, 9.17) is 5.11 Å². The molecule has 0 fully saturated rings. The highest BCUT2D eigenvalue weighted by Crippen LogP contribution is 2.24. The van der Waals surface area contributed by atoms with E-state index in [1.165, 1.54) is 5.56 Å². The third-order valence-electron chi connectivity index (χ3n) is 2.98. The number of rotatable bonds is 4. The van der Waals surface area contributed by atoms with Gasteiger partial charge in [0.25, 0.3) is 0 Å². The Morgan fingerprint density at radius 1 is 1.05 bits per heavy atom. The minimum absolute atomic E-state index is 0.0529. The summed E-state index contributed by atoms with van der Waals surface area (Å²) in [4.78, 5) is 2.18. The lowest BCUT2D eigenvalue weighted by Crippen LogP contribution is -2.16. The van der Waals surface area contributed by atoms with Crippen LogP contribution in [0.5, 0.6) is 0 Å². The van der Waals surface area contributed by atoms with Gasteiger partial charge in [-0.2, -0.15) is 0 Å². The van der Waals surface area contributed by atoms with E-state index in [0.29, 0.717) is 0 Å². The van der Waals surface area contributed by atoms with E-state index in [2.05, 4.69) is 55.9 Å². The molecule has 0 aliphatic carbocycles. The van der Waals surface area contributed by atoms with E-state index in [9.17, 15) is 0 Å². The fourth-order valence-electron chi connectivity index (χ4n) is 1.86. The number of hydrogen-bond acceptors (Lipinski definition) is 2. The lowest BCUT2D eigenvalue weighted by molar-refractivity contribution is 0.281. The standard InChI is InChI=1S/C15H15Br2NO/c1-18(9-11-2-5-13(16)6-3-11)14-7-4-12(10-19)15(17)8-14/h2-8,19H,9-10H2,1H3. The Balaban J connectivity index is 2.13. The second kappa shape index (κ2) is 6.55. The van der Waals surface area contributed by atoms with Gasteiger partial charge >= 0.3 is 0 Å². The zero-order valence-electron chi connectivity index (χ0n) is 10.6. The second-order valence-corrected chi connectivity index (χ2v) is 6.19. The van der Waals surface area contributed by atoms with Crippen LogP contribution in [0.15, 0.2) is 51.4 Å². The SMILES string of the molecule is CN(Cc1ccc(Br)cc1)c1ccc(CO)c(Br)c1. The van der Waals surface area contributed by atoms with Crippen LogP contribution in [0.25, 0.3) is 0 Å². The molecule has 0 aliphatic heterocycles. The topological polar surface area (TPSA) is 23.5 Å². The Morgan fingerprint density at radius 3 is 2.32 bits per heavy atom. The molecule has 0 saturated carbocycles. The molecule has 0 aromatic heterocycles. The van der Waals surface area contributed by atoms with Crippen molar-refractivity contribution in [2.45, 2.75) is 13.2 Å². The number of aliphatic hydroxyl groups excluding tert-OH is 1. The fraction of sp³-hybridized carbons (Fsp3) is 0.200. The van der Waals surface area contributed by atoms with E-state index in [1.54, 1.807) is 0 Å². The third kappa shape index (κ3) is 3.81. The van der Waals surface area contributed by atoms with Crippen molar-refractivity contribution < 1.29 is 5.11 Å². The number of hydrogen-bond donors (Lipinski definition) is 1. The highest BCUT2D eigenvalue weighted by molar-refractivity contribution is 9.10. The summed E-state index contributed by atoms with van der Waals surface area (Å²) in [6, 6.07) is 14.3. The summed E-state index contributed by atoms with van der Waals surface area (Å²) in [6.07, 6.45) is 0. The molecule has 0 atom stereocenters. The maximum atomic E-state index is 9.16. The van der Waals surface area contributed by atoms with Crippen molar-refractivity contribution in [2.24, 2.45) is 0 Å². The van der Waals surface area contributed by atoms with Crippen molar-refractivity contribution in [2.75, 3.05) is 11.9 Å². The van der Waals surface area contributed by atoms with Crippen LogP contribution in [0, 0.1) is 0 Å². The molecule has 2 rings (SSSR count). The van der Waals surface area contributed by atoms with Crippen LogP contribution >= 0.6 is 31.9 Å². The van der Waals surface area contributed by atoms with Crippen LogP contribution in [-0.2, 0) is 13.2 Å². The summed E-state index contributed by atoms with van der Waals surface area (Å²) in [5, 5.41) is 9.16. The van der Waals surface area contributed by atoms with Gasteiger partial charge in [0.1, 0.15) is 0 Å².